The van der Waals surface area contributed by atoms with Crippen LogP contribution in [0.5, 0.6) is 0 Å². The minimum Gasteiger partial charge on any atom is -0.480 e. The predicted molar refractivity (Wildman–Crippen MR) is 124 cm³/mol. The van der Waals surface area contributed by atoms with Crippen molar-refractivity contribution in [3.8, 4) is 0 Å². The van der Waals surface area contributed by atoms with Gasteiger partial charge in [-0.15, -0.1) is 0 Å². The molecular formula is C24H37FN4O4. The Bertz CT molecular complexity index is 768. The van der Waals surface area contributed by atoms with E-state index < -0.39 is 24.1 Å². The van der Waals surface area contributed by atoms with Crippen molar-refractivity contribution in [2.24, 2.45) is 11.7 Å². The number of unbranched alkanes of at least 4 members (excludes halogenated alkanes) is 1. The molecule has 8 nitrogen and oxygen atoms in total. The summed E-state index contributed by atoms with van der Waals surface area (Å²) in [6, 6.07) is 2.98. The average molecular weight is 465 g/mol. The van der Waals surface area contributed by atoms with Crippen LogP contribution in [0.4, 0.5) is 9.18 Å². The van der Waals surface area contributed by atoms with E-state index in [2.05, 4.69) is 16.0 Å². The van der Waals surface area contributed by atoms with Crippen molar-refractivity contribution in [1.29, 1.82) is 0 Å². The minimum absolute atomic E-state index is 0.265. The van der Waals surface area contributed by atoms with Crippen LogP contribution < -0.4 is 21.7 Å². The molecule has 0 aliphatic heterocycles. The lowest BCUT2D eigenvalue weighted by Crippen LogP contribution is -2.54. The Morgan fingerprint density at radius 3 is 2.27 bits per heavy atom. The fourth-order valence-electron chi connectivity index (χ4n) is 4.24. The summed E-state index contributed by atoms with van der Waals surface area (Å²) in [6.07, 6.45) is 7.36. The van der Waals surface area contributed by atoms with Crippen LogP contribution >= 0.6 is 0 Å². The summed E-state index contributed by atoms with van der Waals surface area (Å²) in [5, 5.41) is 17.5. The van der Waals surface area contributed by atoms with Gasteiger partial charge in [-0.1, -0.05) is 44.2 Å². The van der Waals surface area contributed by atoms with Gasteiger partial charge in [0.25, 0.3) is 0 Å². The number of halogens is 1. The first-order chi connectivity index (χ1) is 15.8. The van der Waals surface area contributed by atoms with Gasteiger partial charge in [0.1, 0.15) is 17.9 Å². The fraction of sp³-hybridized carbons (Fsp3) is 0.625. The Morgan fingerprint density at radius 1 is 1.03 bits per heavy atom. The van der Waals surface area contributed by atoms with Gasteiger partial charge in [0.15, 0.2) is 0 Å². The first-order valence-corrected chi connectivity index (χ1v) is 11.9. The topological polar surface area (TPSA) is 134 Å². The minimum atomic E-state index is -1.12. The standard InChI is InChI=1S/C24H37FN4O4/c1-16(18-10-12-19(25)13-11-18)27-22(30)21(15-17-7-3-2-4-8-17)29-24(33)28-20(23(31)32)9-5-6-14-26/h10-13,16-17,20-21H,2-9,14-15,26H2,1H3,(H,27,30)(H,31,32)(H2,28,29,33)/t16-,20+,21-/m1/s1. The van der Waals surface area contributed by atoms with Crippen molar-refractivity contribution in [3.05, 3.63) is 35.6 Å². The highest BCUT2D eigenvalue weighted by molar-refractivity contribution is 5.89. The van der Waals surface area contributed by atoms with Crippen LogP contribution in [0.1, 0.15) is 76.3 Å². The molecule has 3 amide bonds. The van der Waals surface area contributed by atoms with Crippen molar-refractivity contribution in [2.45, 2.75) is 82.8 Å². The maximum atomic E-state index is 13.2. The normalized spacial score (nSPS) is 16.9. The number of hydrogen-bond acceptors (Lipinski definition) is 4. The second-order valence-corrected chi connectivity index (χ2v) is 8.87. The average Bonchev–Trinajstić information content (AvgIpc) is 2.79. The van der Waals surface area contributed by atoms with Gasteiger partial charge in [0.05, 0.1) is 6.04 Å². The zero-order valence-corrected chi connectivity index (χ0v) is 19.3. The summed E-state index contributed by atoms with van der Waals surface area (Å²) in [5.41, 5.74) is 6.21. The number of benzene rings is 1. The lowest BCUT2D eigenvalue weighted by Gasteiger charge is -2.28. The molecule has 0 unspecified atom stereocenters. The first kappa shape index (κ1) is 26.6. The smallest absolute Gasteiger partial charge is 0.326 e. The number of amides is 3. The zero-order valence-electron chi connectivity index (χ0n) is 19.3. The van der Waals surface area contributed by atoms with Gasteiger partial charge in [-0.3, -0.25) is 4.79 Å². The molecule has 6 N–H and O–H groups in total. The molecule has 1 aromatic rings. The number of carboxylic acids is 1. The fourth-order valence-corrected chi connectivity index (χ4v) is 4.24. The van der Waals surface area contributed by atoms with E-state index in [-0.39, 0.29) is 24.2 Å². The Morgan fingerprint density at radius 2 is 1.67 bits per heavy atom. The molecule has 0 aromatic heterocycles. The summed E-state index contributed by atoms with van der Waals surface area (Å²) >= 11 is 0. The van der Waals surface area contributed by atoms with Crippen LogP contribution in [0.3, 0.4) is 0 Å². The van der Waals surface area contributed by atoms with Crippen LogP contribution in [0.2, 0.25) is 0 Å². The van der Waals surface area contributed by atoms with Crippen LogP contribution in [-0.4, -0.2) is 41.6 Å². The number of aliphatic carboxylic acids is 1. The highest BCUT2D eigenvalue weighted by Gasteiger charge is 2.28. The third-order valence-corrected chi connectivity index (χ3v) is 6.19. The highest BCUT2D eigenvalue weighted by atomic mass is 19.1. The second kappa shape index (κ2) is 13.8. The highest BCUT2D eigenvalue weighted by Crippen LogP contribution is 2.27. The molecule has 2 rings (SSSR count). The number of urea groups is 1. The summed E-state index contributed by atoms with van der Waals surface area (Å²) in [4.78, 5) is 37.2. The number of nitrogens with one attached hydrogen (secondary N) is 3. The number of hydrogen-bond donors (Lipinski definition) is 5. The molecule has 0 saturated heterocycles. The van der Waals surface area contributed by atoms with Gasteiger partial charge >= 0.3 is 12.0 Å². The lowest BCUT2D eigenvalue weighted by atomic mass is 9.84. The second-order valence-electron chi connectivity index (χ2n) is 8.87. The van der Waals surface area contributed by atoms with E-state index in [9.17, 15) is 23.9 Å². The van der Waals surface area contributed by atoms with E-state index in [1.165, 1.54) is 18.6 Å². The van der Waals surface area contributed by atoms with Gasteiger partial charge in [-0.05, 0) is 62.8 Å². The molecule has 1 fully saturated rings. The van der Waals surface area contributed by atoms with E-state index in [4.69, 9.17) is 5.73 Å². The molecule has 0 spiro atoms. The van der Waals surface area contributed by atoms with E-state index in [0.29, 0.717) is 31.7 Å². The summed E-state index contributed by atoms with van der Waals surface area (Å²) < 4.78 is 13.2. The van der Waals surface area contributed by atoms with Crippen LogP contribution in [0, 0.1) is 11.7 Å². The Hall–Kier alpha value is -2.68. The Balaban J connectivity index is 2.03. The summed E-state index contributed by atoms with van der Waals surface area (Å²) in [6.45, 7) is 2.25. The zero-order chi connectivity index (χ0) is 24.2. The van der Waals surface area contributed by atoms with Crippen LogP contribution in [0.25, 0.3) is 0 Å². The van der Waals surface area contributed by atoms with Gasteiger partial charge < -0.3 is 26.8 Å². The maximum absolute atomic E-state index is 13.2. The Labute approximate surface area is 194 Å². The molecule has 1 aliphatic rings. The molecule has 3 atom stereocenters. The van der Waals surface area contributed by atoms with E-state index in [0.717, 1.165) is 31.2 Å². The molecule has 1 aliphatic carbocycles. The third kappa shape index (κ3) is 9.37. The number of rotatable bonds is 12. The van der Waals surface area contributed by atoms with Crippen molar-refractivity contribution in [3.63, 3.8) is 0 Å². The van der Waals surface area contributed by atoms with E-state index >= 15 is 0 Å². The van der Waals surface area contributed by atoms with Crippen molar-refractivity contribution in [1.82, 2.24) is 16.0 Å². The number of carbonyl (C=O) groups is 3. The molecule has 9 heteroatoms. The summed E-state index contributed by atoms with van der Waals surface area (Å²) in [7, 11) is 0. The van der Waals surface area contributed by atoms with Gasteiger partial charge in [-0.2, -0.15) is 0 Å². The molecule has 0 heterocycles. The first-order valence-electron chi connectivity index (χ1n) is 11.9. The van der Waals surface area contributed by atoms with Gasteiger partial charge in [-0.25, -0.2) is 14.0 Å². The van der Waals surface area contributed by atoms with Crippen molar-refractivity contribution < 1.29 is 23.9 Å². The molecule has 1 aromatic carbocycles. The molecule has 1 saturated carbocycles. The Kier molecular flexibility index (Phi) is 11.1. The largest absolute Gasteiger partial charge is 0.480 e. The monoisotopic (exact) mass is 464 g/mol. The molecular weight excluding hydrogens is 427 g/mol. The number of nitrogens with two attached hydrogens (primary N) is 1. The SMILES string of the molecule is C[C@@H](NC(=O)[C@@H](CC1CCCCC1)NC(=O)N[C@@H](CCCCN)C(=O)O)c1ccc(F)cc1. The van der Waals surface area contributed by atoms with Gasteiger partial charge in [0.2, 0.25) is 5.91 Å². The molecule has 0 bridgehead atoms. The van der Waals surface area contributed by atoms with Crippen LogP contribution in [0.15, 0.2) is 24.3 Å². The lowest BCUT2D eigenvalue weighted by molar-refractivity contribution is -0.139. The molecule has 0 radical (unpaired) electrons. The quantitative estimate of drug-likeness (QED) is 0.303. The third-order valence-electron chi connectivity index (χ3n) is 6.19. The number of carboxylic acid groups (broad SMARTS) is 1. The predicted octanol–water partition coefficient (Wildman–Crippen LogP) is 3.22. The van der Waals surface area contributed by atoms with Crippen LogP contribution in [-0.2, 0) is 9.59 Å². The molecule has 184 valence electrons. The van der Waals surface area contributed by atoms with E-state index in [1.807, 2.05) is 0 Å². The van der Waals surface area contributed by atoms with Crippen molar-refractivity contribution in [2.75, 3.05) is 6.54 Å². The van der Waals surface area contributed by atoms with E-state index in [1.54, 1.807) is 19.1 Å². The number of carbonyl (C=O) groups excluding carboxylic acids is 2. The maximum Gasteiger partial charge on any atom is 0.326 e. The summed E-state index contributed by atoms with van der Waals surface area (Å²) in [5.74, 6) is -1.51. The van der Waals surface area contributed by atoms with Crippen molar-refractivity contribution >= 4 is 17.9 Å². The van der Waals surface area contributed by atoms with Gasteiger partial charge in [0, 0.05) is 0 Å². The molecule has 33 heavy (non-hydrogen) atoms.